The molecule has 4 nitrogen and oxygen atoms in total. The Hall–Kier alpha value is -1.84. The summed E-state index contributed by atoms with van der Waals surface area (Å²) in [6, 6.07) is 0. The van der Waals surface area contributed by atoms with Gasteiger partial charge in [0.2, 0.25) is 5.91 Å². The summed E-state index contributed by atoms with van der Waals surface area (Å²) in [5, 5.41) is 2.95. The van der Waals surface area contributed by atoms with Crippen LogP contribution in [0.4, 0.5) is 0 Å². The second-order valence-corrected chi connectivity index (χ2v) is 6.09. The molecule has 0 aromatic heterocycles. The van der Waals surface area contributed by atoms with Crippen molar-refractivity contribution in [3.63, 3.8) is 0 Å². The van der Waals surface area contributed by atoms with Crippen LogP contribution in [-0.2, 0) is 14.3 Å². The van der Waals surface area contributed by atoms with Crippen LogP contribution in [0.5, 0.6) is 0 Å². The van der Waals surface area contributed by atoms with Gasteiger partial charge in [-0.15, -0.1) is 0 Å². The summed E-state index contributed by atoms with van der Waals surface area (Å²) in [5.41, 5.74) is 2.39. The molecule has 0 spiro atoms. The van der Waals surface area contributed by atoms with Crippen LogP contribution in [-0.4, -0.2) is 25.3 Å². The molecule has 21 heavy (non-hydrogen) atoms. The number of fused-ring (bicyclic) bond motifs is 3. The van der Waals surface area contributed by atoms with Gasteiger partial charge in [-0.3, -0.25) is 9.59 Å². The van der Waals surface area contributed by atoms with E-state index in [9.17, 15) is 9.59 Å². The van der Waals surface area contributed by atoms with E-state index in [-0.39, 0.29) is 17.6 Å². The van der Waals surface area contributed by atoms with Gasteiger partial charge in [0.25, 0.3) is 0 Å². The standard InChI is InChI=1S/C17H21NO3/c1-10(19)7-16-15-9-11-8-12(21-2)3-4-13(11)14(15)5-6-18-17(16)20/h3,8-9,13-14,16H,4-7H2,1-2H3,(H,18,20). The fraction of sp³-hybridized carbons (Fsp3) is 0.529. The topological polar surface area (TPSA) is 55.4 Å². The number of Topliss-reactive ketones (excluding diaryl/α,β-unsaturated/α-hetero) is 1. The number of nitrogens with one attached hydrogen (secondary N) is 1. The van der Waals surface area contributed by atoms with Crippen molar-refractivity contribution in [3.8, 4) is 0 Å². The molecule has 3 aliphatic rings. The summed E-state index contributed by atoms with van der Waals surface area (Å²) in [6.07, 6.45) is 8.52. The first kappa shape index (κ1) is 14.1. The molecule has 1 heterocycles. The number of ether oxygens (including phenoxy) is 1. The molecule has 112 valence electrons. The minimum absolute atomic E-state index is 0.00174. The molecule has 0 aromatic carbocycles. The molecule has 2 aliphatic carbocycles. The molecule has 0 radical (unpaired) electrons. The number of carbonyl (C=O) groups is 2. The van der Waals surface area contributed by atoms with Gasteiger partial charge < -0.3 is 10.1 Å². The molecule has 1 amide bonds. The van der Waals surface area contributed by atoms with Crippen LogP contribution < -0.4 is 5.32 Å². The summed E-state index contributed by atoms with van der Waals surface area (Å²) in [4.78, 5) is 23.8. The molecule has 1 fully saturated rings. The van der Waals surface area contributed by atoms with Gasteiger partial charge in [-0.25, -0.2) is 0 Å². The average Bonchev–Trinajstić information content (AvgIpc) is 2.74. The predicted octanol–water partition coefficient (Wildman–Crippen LogP) is 2.13. The van der Waals surface area contributed by atoms with Crippen molar-refractivity contribution >= 4 is 11.7 Å². The Morgan fingerprint density at radius 2 is 2.19 bits per heavy atom. The first-order valence-electron chi connectivity index (χ1n) is 7.54. The molecule has 3 rings (SSSR count). The molecule has 0 bridgehead atoms. The number of allylic oxidation sites excluding steroid dienone is 4. The molecule has 0 aromatic rings. The second kappa shape index (κ2) is 5.51. The van der Waals surface area contributed by atoms with Gasteiger partial charge in [0.15, 0.2) is 0 Å². The predicted molar refractivity (Wildman–Crippen MR) is 79.3 cm³/mol. The van der Waals surface area contributed by atoms with E-state index >= 15 is 0 Å². The molecule has 1 saturated heterocycles. The van der Waals surface area contributed by atoms with Crippen LogP contribution >= 0.6 is 0 Å². The quantitative estimate of drug-likeness (QED) is 0.865. The van der Waals surface area contributed by atoms with Crippen molar-refractivity contribution in [1.29, 1.82) is 0 Å². The summed E-state index contributed by atoms with van der Waals surface area (Å²) >= 11 is 0. The number of amides is 1. The van der Waals surface area contributed by atoms with Crippen molar-refractivity contribution in [2.45, 2.75) is 26.2 Å². The van der Waals surface area contributed by atoms with E-state index in [2.05, 4.69) is 23.5 Å². The summed E-state index contributed by atoms with van der Waals surface area (Å²) in [6.45, 7) is 2.25. The van der Waals surface area contributed by atoms with E-state index in [1.807, 2.05) is 0 Å². The Morgan fingerprint density at radius 3 is 2.90 bits per heavy atom. The van der Waals surface area contributed by atoms with Crippen LogP contribution in [0, 0.1) is 17.8 Å². The van der Waals surface area contributed by atoms with E-state index in [4.69, 9.17) is 4.74 Å². The Kier molecular flexibility index (Phi) is 3.70. The zero-order valence-electron chi connectivity index (χ0n) is 12.5. The maximum Gasteiger partial charge on any atom is 0.227 e. The van der Waals surface area contributed by atoms with Crippen LogP contribution in [0.3, 0.4) is 0 Å². The zero-order valence-corrected chi connectivity index (χ0v) is 12.5. The summed E-state index contributed by atoms with van der Waals surface area (Å²) < 4.78 is 5.31. The number of rotatable bonds is 3. The van der Waals surface area contributed by atoms with Crippen molar-refractivity contribution in [2.75, 3.05) is 13.7 Å². The Labute approximate surface area is 124 Å². The fourth-order valence-electron chi connectivity index (χ4n) is 3.78. The number of methoxy groups -OCH3 is 1. The number of ketones is 1. The highest BCUT2D eigenvalue weighted by molar-refractivity contribution is 5.88. The van der Waals surface area contributed by atoms with Crippen molar-refractivity contribution in [3.05, 3.63) is 35.1 Å². The van der Waals surface area contributed by atoms with E-state index in [0.717, 1.165) is 24.2 Å². The molecular weight excluding hydrogens is 266 g/mol. The highest BCUT2D eigenvalue weighted by Gasteiger charge is 2.41. The van der Waals surface area contributed by atoms with Crippen LogP contribution in [0.1, 0.15) is 26.2 Å². The van der Waals surface area contributed by atoms with E-state index in [1.54, 1.807) is 14.0 Å². The Bertz CT molecular complexity index is 571. The Balaban J connectivity index is 1.95. The maximum atomic E-state index is 12.3. The van der Waals surface area contributed by atoms with Gasteiger partial charge >= 0.3 is 0 Å². The van der Waals surface area contributed by atoms with Gasteiger partial charge in [-0.05, 0) is 49.3 Å². The zero-order chi connectivity index (χ0) is 15.0. The lowest BCUT2D eigenvalue weighted by molar-refractivity contribution is -0.127. The largest absolute Gasteiger partial charge is 0.497 e. The van der Waals surface area contributed by atoms with Crippen LogP contribution in [0.15, 0.2) is 35.1 Å². The lowest BCUT2D eigenvalue weighted by Gasteiger charge is -2.25. The van der Waals surface area contributed by atoms with Gasteiger partial charge in [-0.1, -0.05) is 11.6 Å². The highest BCUT2D eigenvalue weighted by atomic mass is 16.5. The number of hydrogen-bond acceptors (Lipinski definition) is 3. The van der Waals surface area contributed by atoms with Crippen molar-refractivity contribution < 1.29 is 14.3 Å². The molecule has 0 saturated carbocycles. The minimum Gasteiger partial charge on any atom is -0.497 e. The van der Waals surface area contributed by atoms with Gasteiger partial charge in [0, 0.05) is 13.0 Å². The smallest absolute Gasteiger partial charge is 0.227 e. The molecule has 3 atom stereocenters. The molecule has 1 aliphatic heterocycles. The van der Waals surface area contributed by atoms with Crippen molar-refractivity contribution in [2.24, 2.45) is 17.8 Å². The lowest BCUT2D eigenvalue weighted by atomic mass is 9.78. The highest BCUT2D eigenvalue weighted by Crippen LogP contribution is 2.47. The first-order valence-corrected chi connectivity index (χ1v) is 7.54. The molecule has 1 N–H and O–H groups in total. The third-order valence-corrected chi connectivity index (χ3v) is 4.76. The monoisotopic (exact) mass is 287 g/mol. The third kappa shape index (κ3) is 2.55. The van der Waals surface area contributed by atoms with Crippen LogP contribution in [0.25, 0.3) is 0 Å². The van der Waals surface area contributed by atoms with Crippen molar-refractivity contribution in [1.82, 2.24) is 5.32 Å². The average molecular weight is 287 g/mol. The Morgan fingerprint density at radius 1 is 1.38 bits per heavy atom. The first-order chi connectivity index (χ1) is 10.1. The summed E-state index contributed by atoms with van der Waals surface area (Å²) in [5.74, 6) is 1.46. The van der Waals surface area contributed by atoms with Gasteiger partial charge in [0.05, 0.1) is 13.0 Å². The molecule has 3 unspecified atom stereocenters. The summed E-state index contributed by atoms with van der Waals surface area (Å²) in [7, 11) is 1.68. The van der Waals surface area contributed by atoms with E-state index in [1.165, 1.54) is 5.57 Å². The van der Waals surface area contributed by atoms with Crippen LogP contribution in [0.2, 0.25) is 0 Å². The van der Waals surface area contributed by atoms with Gasteiger partial charge in [0.1, 0.15) is 11.5 Å². The molecule has 4 heteroatoms. The maximum absolute atomic E-state index is 12.3. The van der Waals surface area contributed by atoms with Gasteiger partial charge in [-0.2, -0.15) is 0 Å². The number of hydrogen-bond donors (Lipinski definition) is 1. The number of carbonyl (C=O) groups excluding carboxylic acids is 2. The van der Waals surface area contributed by atoms with E-state index < -0.39 is 0 Å². The fourth-order valence-corrected chi connectivity index (χ4v) is 3.78. The molecular formula is C17H21NO3. The normalized spacial score (nSPS) is 31.0. The SMILES string of the molecule is COC1=CCC2C(=C1)C=C1C(CC(C)=O)C(=O)NCCC12. The van der Waals surface area contributed by atoms with E-state index in [0.29, 0.717) is 24.8 Å². The third-order valence-electron chi connectivity index (χ3n) is 4.76. The second-order valence-electron chi connectivity index (χ2n) is 6.09. The minimum atomic E-state index is -0.299. The lowest BCUT2D eigenvalue weighted by Crippen LogP contribution is -2.30.